The summed E-state index contributed by atoms with van der Waals surface area (Å²) in [6.45, 7) is 8.54. The fraction of sp³-hybridized carbons (Fsp3) is 0.400. The molecule has 54 heavy (non-hydrogen) atoms. The molecular formula is C40H48N8O4S2. The lowest BCUT2D eigenvalue weighted by Gasteiger charge is -2.14. The molecule has 5 rings (SSSR count). The maximum atomic E-state index is 13.4. The summed E-state index contributed by atoms with van der Waals surface area (Å²) in [5, 5.41) is 7.17. The van der Waals surface area contributed by atoms with Crippen LogP contribution in [0.2, 0.25) is 0 Å². The number of rotatable bonds is 0. The van der Waals surface area contributed by atoms with Crippen molar-refractivity contribution in [2.24, 2.45) is 0 Å². The number of benzene rings is 2. The zero-order valence-corrected chi connectivity index (χ0v) is 33.0. The summed E-state index contributed by atoms with van der Waals surface area (Å²) in [6.07, 6.45) is 4.21. The van der Waals surface area contributed by atoms with Crippen molar-refractivity contribution >= 4 is 58.8 Å². The number of anilines is 2. The third kappa shape index (κ3) is 11.1. The highest BCUT2D eigenvalue weighted by molar-refractivity contribution is 7.99. The molecule has 12 nitrogen and oxygen atoms in total. The van der Waals surface area contributed by atoms with Crippen molar-refractivity contribution in [3.05, 3.63) is 69.8 Å². The lowest BCUT2D eigenvalue weighted by Crippen LogP contribution is -2.30. The van der Waals surface area contributed by atoms with Crippen LogP contribution in [0.1, 0.15) is 94.3 Å². The molecule has 1 aliphatic rings. The van der Waals surface area contributed by atoms with Crippen molar-refractivity contribution in [2.45, 2.75) is 89.1 Å². The van der Waals surface area contributed by atoms with Crippen molar-refractivity contribution in [3.63, 3.8) is 0 Å². The maximum absolute atomic E-state index is 13.4. The van der Waals surface area contributed by atoms with Gasteiger partial charge in [-0.2, -0.15) is 0 Å². The van der Waals surface area contributed by atoms with E-state index in [2.05, 4.69) is 30.6 Å². The highest BCUT2D eigenvalue weighted by Crippen LogP contribution is 2.31. The molecular weight excluding hydrogens is 721 g/mol. The summed E-state index contributed by atoms with van der Waals surface area (Å²) in [6, 6.07) is 11.3. The lowest BCUT2D eigenvalue weighted by molar-refractivity contribution is -0.120. The van der Waals surface area contributed by atoms with Crippen molar-refractivity contribution in [2.75, 3.05) is 36.1 Å². The Bertz CT molecular complexity index is 1910. The molecule has 284 valence electrons. The van der Waals surface area contributed by atoms with Gasteiger partial charge in [0.15, 0.2) is 5.78 Å². The smallest absolute Gasteiger partial charge is 0.251 e. The van der Waals surface area contributed by atoms with Gasteiger partial charge in [0.05, 0.1) is 11.4 Å². The molecule has 8 bridgehead atoms. The molecule has 0 spiro atoms. The molecule has 0 fully saturated rings. The molecule has 4 aromatic rings. The van der Waals surface area contributed by atoms with E-state index in [1.165, 1.54) is 23.5 Å². The predicted molar refractivity (Wildman–Crippen MR) is 216 cm³/mol. The minimum Gasteiger partial charge on any atom is -0.368 e. The summed E-state index contributed by atoms with van der Waals surface area (Å²) >= 11 is 2.85. The Morgan fingerprint density at radius 2 is 1.06 bits per heavy atom. The summed E-state index contributed by atoms with van der Waals surface area (Å²) in [5.41, 5.74) is 19.8. The van der Waals surface area contributed by atoms with E-state index in [9.17, 15) is 19.2 Å². The van der Waals surface area contributed by atoms with Crippen LogP contribution in [0.4, 0.5) is 11.9 Å². The van der Waals surface area contributed by atoms with E-state index in [-0.39, 0.29) is 41.7 Å². The summed E-state index contributed by atoms with van der Waals surface area (Å²) < 4.78 is 0. The van der Waals surface area contributed by atoms with Crippen LogP contribution in [0.5, 0.6) is 0 Å². The van der Waals surface area contributed by atoms with Crippen LogP contribution in [0.15, 0.2) is 46.5 Å². The molecule has 2 aromatic heterocycles. The number of Topliss-reactive ketones (excluding diaryl/α,β-unsaturated/α-hetero) is 2. The number of nitrogens with zero attached hydrogens (tertiary/aromatic N) is 4. The largest absolute Gasteiger partial charge is 0.368 e. The van der Waals surface area contributed by atoms with Crippen LogP contribution in [0.25, 0.3) is 22.5 Å². The van der Waals surface area contributed by atoms with Gasteiger partial charge in [0.2, 0.25) is 17.8 Å². The van der Waals surface area contributed by atoms with Gasteiger partial charge in [-0.3, -0.25) is 19.2 Å². The Kier molecular flexibility index (Phi) is 14.2. The first-order valence-electron chi connectivity index (χ1n) is 18.3. The first-order valence-corrected chi connectivity index (χ1v) is 20.2. The van der Waals surface area contributed by atoms with Crippen LogP contribution in [-0.4, -0.2) is 67.9 Å². The molecule has 0 saturated heterocycles. The number of aryl methyl sites for hydroxylation is 4. The number of nitrogens with two attached hydrogens (primary N) is 2. The average molecular weight is 769 g/mol. The Balaban J connectivity index is 1.31. The minimum atomic E-state index is -0.218. The quantitative estimate of drug-likeness (QED) is 0.140. The van der Waals surface area contributed by atoms with E-state index < -0.39 is 0 Å². The van der Waals surface area contributed by atoms with Gasteiger partial charge in [-0.25, -0.2) is 19.9 Å². The molecule has 0 radical (unpaired) electrons. The van der Waals surface area contributed by atoms with E-state index in [0.717, 1.165) is 39.8 Å². The van der Waals surface area contributed by atoms with E-state index in [4.69, 9.17) is 11.5 Å². The van der Waals surface area contributed by atoms with E-state index in [1.807, 2.05) is 64.1 Å². The topological polar surface area (TPSA) is 196 Å². The standard InChI is InChI=1S/C40H48N8O4S2/c1-23-17-25(3)30-19-28(23)32-21-37(48-39(41)45-32)54-16-12-35(51)43-13-8-14-44-38(52)31-20-29(24(2)18-26(31)4)33-22-36(47-40(42)46-33)53-15-11-27(49)9-6-5-7-10-34(30)50/h17-22H,5-16H2,1-4H3,(H,43,51)(H,44,52)(H2,41,45,48)(H2,42,46,47). The molecule has 0 unspecified atom stereocenters. The zero-order chi connectivity index (χ0) is 38.8. The number of carbonyl (C=O) groups is 4. The second-order valence-corrected chi connectivity index (χ2v) is 15.8. The molecule has 0 saturated carbocycles. The van der Waals surface area contributed by atoms with Crippen LogP contribution < -0.4 is 22.1 Å². The van der Waals surface area contributed by atoms with Gasteiger partial charge in [-0.1, -0.05) is 18.6 Å². The normalized spacial score (nSPS) is 16.1. The maximum Gasteiger partial charge on any atom is 0.251 e. The third-order valence-electron chi connectivity index (χ3n) is 9.21. The predicted octanol–water partition coefficient (Wildman–Crippen LogP) is 6.62. The van der Waals surface area contributed by atoms with Gasteiger partial charge in [-0.05, 0) is 93.5 Å². The second-order valence-electron chi connectivity index (χ2n) is 13.5. The van der Waals surface area contributed by atoms with Gasteiger partial charge < -0.3 is 22.1 Å². The summed E-state index contributed by atoms with van der Waals surface area (Å²) in [5.74, 6) is 1.14. The van der Waals surface area contributed by atoms with Gasteiger partial charge in [-0.15, -0.1) is 23.5 Å². The molecule has 1 aliphatic heterocycles. The molecule has 3 heterocycles. The molecule has 0 atom stereocenters. The third-order valence-corrected chi connectivity index (χ3v) is 11.0. The number of carbonyl (C=O) groups excluding carboxylic acids is 4. The van der Waals surface area contributed by atoms with Gasteiger partial charge in [0, 0.05) is 72.5 Å². The molecule has 2 amide bonds. The van der Waals surface area contributed by atoms with E-state index in [1.54, 1.807) is 0 Å². The van der Waals surface area contributed by atoms with Crippen molar-refractivity contribution in [1.29, 1.82) is 0 Å². The van der Waals surface area contributed by atoms with Crippen LogP contribution in [-0.2, 0) is 9.59 Å². The first-order chi connectivity index (χ1) is 25.9. The van der Waals surface area contributed by atoms with Crippen LogP contribution in [0.3, 0.4) is 0 Å². The Morgan fingerprint density at radius 3 is 1.69 bits per heavy atom. The second kappa shape index (κ2) is 19.0. The number of hydrogen-bond donors (Lipinski definition) is 4. The molecule has 2 aromatic carbocycles. The highest BCUT2D eigenvalue weighted by Gasteiger charge is 2.18. The van der Waals surface area contributed by atoms with Crippen LogP contribution in [0, 0.1) is 27.7 Å². The average Bonchev–Trinajstić information content (AvgIpc) is 3.10. The number of ketones is 2. The molecule has 6 N–H and O–H groups in total. The molecule has 0 aliphatic carbocycles. The number of amides is 2. The number of hydrogen-bond acceptors (Lipinski definition) is 12. The Labute approximate surface area is 324 Å². The van der Waals surface area contributed by atoms with Gasteiger partial charge >= 0.3 is 0 Å². The fourth-order valence-electron chi connectivity index (χ4n) is 6.37. The fourth-order valence-corrected chi connectivity index (χ4v) is 8.12. The lowest BCUT2D eigenvalue weighted by atomic mass is 9.93. The number of nitrogens with one attached hydrogen (secondary N) is 2. The van der Waals surface area contributed by atoms with E-state index in [0.29, 0.717) is 95.7 Å². The first kappa shape index (κ1) is 40.4. The minimum absolute atomic E-state index is 0.0491. The number of thioether (sulfide) groups is 2. The van der Waals surface area contributed by atoms with Crippen molar-refractivity contribution in [1.82, 2.24) is 30.6 Å². The van der Waals surface area contributed by atoms with Crippen molar-refractivity contribution < 1.29 is 19.2 Å². The SMILES string of the molecule is Cc1cc(C)c2cc1C(=O)CCCCCC(=O)CCSc1cc(nc(N)n1)-c1cc(c(C)cc1C)C(=O)NCCCNC(=O)CCSc1cc-2nc(N)n1. The summed E-state index contributed by atoms with van der Waals surface area (Å²) in [7, 11) is 0. The Morgan fingerprint density at radius 1 is 0.537 bits per heavy atom. The zero-order valence-electron chi connectivity index (χ0n) is 31.3. The Hall–Kier alpha value is -4.82. The van der Waals surface area contributed by atoms with Gasteiger partial charge in [0.25, 0.3) is 5.91 Å². The number of aromatic nitrogens is 4. The number of fused-ring (bicyclic) bond motifs is 10. The molecule has 14 heteroatoms. The number of nitrogen functional groups attached to an aromatic ring is 2. The highest BCUT2D eigenvalue weighted by atomic mass is 32.2. The summed E-state index contributed by atoms with van der Waals surface area (Å²) in [4.78, 5) is 69.6. The van der Waals surface area contributed by atoms with E-state index >= 15 is 0 Å². The van der Waals surface area contributed by atoms with Crippen LogP contribution >= 0.6 is 23.5 Å². The van der Waals surface area contributed by atoms with Gasteiger partial charge in [0.1, 0.15) is 15.8 Å². The van der Waals surface area contributed by atoms with Crippen molar-refractivity contribution in [3.8, 4) is 22.5 Å². The monoisotopic (exact) mass is 768 g/mol.